The molecule has 1 aromatic heterocycles. The van der Waals surface area contributed by atoms with E-state index in [0.717, 1.165) is 29.0 Å². The number of morpholine rings is 1. The molecule has 3 amide bonds. The molecule has 3 atom stereocenters. The Labute approximate surface area is 256 Å². The van der Waals surface area contributed by atoms with Crippen LogP contribution in [0, 0.1) is 12.3 Å². The van der Waals surface area contributed by atoms with E-state index in [4.69, 9.17) is 20.9 Å². The summed E-state index contributed by atoms with van der Waals surface area (Å²) in [4.78, 5) is 61.9. The molecule has 0 aliphatic carbocycles. The number of nitrogens with zero attached hydrogens (tertiary/aromatic N) is 2. The Balaban J connectivity index is 1.29. The van der Waals surface area contributed by atoms with Gasteiger partial charge in [0, 0.05) is 29.8 Å². The van der Waals surface area contributed by atoms with Crippen LogP contribution in [0.1, 0.15) is 46.2 Å². The fourth-order valence-electron chi connectivity index (χ4n) is 5.47. The van der Waals surface area contributed by atoms with Gasteiger partial charge in [-0.2, -0.15) is 8.78 Å². The van der Waals surface area contributed by atoms with Crippen LogP contribution < -0.4 is 5.32 Å². The van der Waals surface area contributed by atoms with Crippen LogP contribution in [0.15, 0.2) is 54.6 Å². The molecule has 0 saturated carbocycles. The second-order valence-corrected chi connectivity index (χ2v) is 13.4. The second-order valence-electron chi connectivity index (χ2n) is 10.6. The zero-order valence-electron chi connectivity index (χ0n) is 23.4. The fraction of sp³-hybridized carbons (Fsp3) is 0.367. The highest BCUT2D eigenvalue weighted by atomic mass is 32.1. The van der Waals surface area contributed by atoms with Crippen molar-refractivity contribution in [3.8, 4) is 12.3 Å². The number of carbonyl (C=O) groups excluding carboxylic acids is 3. The highest BCUT2D eigenvalue weighted by molar-refractivity contribution is 7.52. The number of rotatable bonds is 8. The van der Waals surface area contributed by atoms with Gasteiger partial charge in [-0.05, 0) is 42.0 Å². The van der Waals surface area contributed by atoms with Crippen LogP contribution in [0.4, 0.5) is 8.78 Å². The molecular weight excluding hydrogens is 615 g/mol. The van der Waals surface area contributed by atoms with E-state index in [1.807, 2.05) is 30.3 Å². The van der Waals surface area contributed by atoms with Crippen LogP contribution in [0.2, 0.25) is 0 Å². The summed E-state index contributed by atoms with van der Waals surface area (Å²) in [6.45, 7) is 1.41. The zero-order chi connectivity index (χ0) is 31.6. The molecule has 5 rings (SSSR count). The van der Waals surface area contributed by atoms with Crippen LogP contribution in [0.5, 0.6) is 0 Å². The molecule has 2 saturated heterocycles. The largest absolute Gasteiger partial charge is 0.399 e. The van der Waals surface area contributed by atoms with Crippen molar-refractivity contribution < 1.29 is 42.3 Å². The second kappa shape index (κ2) is 12.8. The average Bonchev–Trinajstić information content (AvgIpc) is 3.67. The lowest BCUT2D eigenvalue weighted by Crippen LogP contribution is -2.55. The van der Waals surface area contributed by atoms with Crippen molar-refractivity contribution in [2.75, 3.05) is 26.2 Å². The predicted octanol–water partition coefficient (Wildman–Crippen LogP) is 3.84. The summed E-state index contributed by atoms with van der Waals surface area (Å²) in [6.07, 6.45) is 6.16. The standard InChI is InChI=1S/C30H30F2N3O7PS/c1-2-7-22(33-27(36)26-17-20-16-21(11-12-25(20)44-26)30(31,32)43(39,40)41)28(37)35-13-6-10-23(35)29(38)34-14-15-42-24(18-34)19-8-4-3-5-9-19/h1,3-5,8-9,11-12,16-17,22-24H,6-7,10,13-15,18H2,(H,33,36)(H2,39,40,41)/t22?,23-,24-/m0/s1. The molecule has 0 bridgehead atoms. The number of likely N-dealkylation sites (tertiary alicyclic amines) is 1. The number of nitrogens with one attached hydrogen (secondary N) is 1. The Bertz CT molecular complexity index is 1650. The van der Waals surface area contributed by atoms with Crippen LogP contribution in [0.25, 0.3) is 10.1 Å². The number of alkyl halides is 2. The van der Waals surface area contributed by atoms with Crippen LogP contribution in [0.3, 0.4) is 0 Å². The van der Waals surface area contributed by atoms with Gasteiger partial charge < -0.3 is 29.6 Å². The van der Waals surface area contributed by atoms with Crippen molar-refractivity contribution in [2.45, 2.75) is 43.1 Å². The van der Waals surface area contributed by atoms with Gasteiger partial charge in [-0.1, -0.05) is 36.4 Å². The van der Waals surface area contributed by atoms with Gasteiger partial charge in [-0.15, -0.1) is 23.7 Å². The number of benzene rings is 2. The maximum absolute atomic E-state index is 14.2. The zero-order valence-corrected chi connectivity index (χ0v) is 25.1. The number of fused-ring (bicyclic) bond motifs is 1. The summed E-state index contributed by atoms with van der Waals surface area (Å²) in [5.74, 6) is 1.03. The first-order valence-corrected chi connectivity index (χ1v) is 16.3. The first-order valence-electron chi connectivity index (χ1n) is 13.9. The number of amides is 3. The van der Waals surface area contributed by atoms with Crippen LogP contribution in [-0.4, -0.2) is 75.6 Å². The molecule has 0 radical (unpaired) electrons. The number of hydrogen-bond donors (Lipinski definition) is 3. The minimum absolute atomic E-state index is 0.0841. The van der Waals surface area contributed by atoms with Crippen molar-refractivity contribution in [3.63, 3.8) is 0 Å². The van der Waals surface area contributed by atoms with E-state index in [-0.39, 0.29) is 28.7 Å². The van der Waals surface area contributed by atoms with Crippen LogP contribution in [-0.2, 0) is 24.6 Å². The molecule has 0 spiro atoms. The summed E-state index contributed by atoms with van der Waals surface area (Å²) in [5, 5.41) is 2.80. The summed E-state index contributed by atoms with van der Waals surface area (Å²) in [7, 11) is -5.77. The molecule has 2 aromatic carbocycles. The monoisotopic (exact) mass is 645 g/mol. The quantitative estimate of drug-likeness (QED) is 0.250. The Morgan fingerprint density at radius 3 is 2.61 bits per heavy atom. The normalized spacial score (nSPS) is 19.9. The van der Waals surface area contributed by atoms with Gasteiger partial charge in [0.1, 0.15) is 18.2 Å². The number of carbonyl (C=O) groups is 3. The summed E-state index contributed by atoms with van der Waals surface area (Å²) in [5.41, 5.74) is -4.33. The maximum Gasteiger partial charge on any atom is 0.399 e. The number of hydrogen-bond acceptors (Lipinski definition) is 6. The summed E-state index contributed by atoms with van der Waals surface area (Å²) >= 11 is 0.959. The smallest absolute Gasteiger partial charge is 0.370 e. The molecule has 2 aliphatic heterocycles. The number of terminal acetylenes is 1. The van der Waals surface area contributed by atoms with Gasteiger partial charge in [-0.3, -0.25) is 18.9 Å². The van der Waals surface area contributed by atoms with Crippen molar-refractivity contribution in [1.29, 1.82) is 0 Å². The van der Waals surface area contributed by atoms with Gasteiger partial charge in [0.2, 0.25) is 11.8 Å². The SMILES string of the molecule is C#CCC(NC(=O)c1cc2cc(C(F)(F)P(=O)(O)O)ccc2s1)C(=O)N1CCC[C@H]1C(=O)N1CCO[C@H](c2ccccc2)C1. The predicted molar refractivity (Wildman–Crippen MR) is 159 cm³/mol. The highest BCUT2D eigenvalue weighted by Crippen LogP contribution is 2.59. The highest BCUT2D eigenvalue weighted by Gasteiger charge is 2.50. The Kier molecular flexibility index (Phi) is 9.20. The molecule has 232 valence electrons. The van der Waals surface area contributed by atoms with Gasteiger partial charge in [0.25, 0.3) is 5.91 Å². The number of halogens is 2. The van der Waals surface area contributed by atoms with E-state index in [2.05, 4.69) is 11.2 Å². The molecule has 1 unspecified atom stereocenters. The lowest BCUT2D eigenvalue weighted by Gasteiger charge is -2.37. The van der Waals surface area contributed by atoms with Crippen molar-refractivity contribution >= 4 is 46.7 Å². The fourth-order valence-corrected chi connectivity index (χ4v) is 6.90. The maximum atomic E-state index is 14.2. The Hall–Kier alpha value is -3.66. The van der Waals surface area contributed by atoms with E-state index >= 15 is 0 Å². The minimum atomic E-state index is -5.77. The number of ether oxygens (including phenoxy) is 1. The molecule has 3 N–H and O–H groups in total. The van der Waals surface area contributed by atoms with Crippen molar-refractivity contribution in [1.82, 2.24) is 15.1 Å². The van der Waals surface area contributed by atoms with Crippen molar-refractivity contribution in [3.05, 3.63) is 70.6 Å². The minimum Gasteiger partial charge on any atom is -0.370 e. The molecule has 2 fully saturated rings. The summed E-state index contributed by atoms with van der Waals surface area (Å²) < 4.78 is 46.0. The van der Waals surface area contributed by atoms with Gasteiger partial charge in [-0.25, -0.2) is 0 Å². The van der Waals surface area contributed by atoms with E-state index in [1.54, 1.807) is 4.90 Å². The third-order valence-electron chi connectivity index (χ3n) is 7.75. The molecule has 10 nitrogen and oxygen atoms in total. The third kappa shape index (κ3) is 6.41. The molecule has 3 aromatic rings. The first-order chi connectivity index (χ1) is 20.9. The molecule has 14 heteroatoms. The van der Waals surface area contributed by atoms with Gasteiger partial charge in [0.05, 0.1) is 18.0 Å². The average molecular weight is 646 g/mol. The van der Waals surface area contributed by atoms with E-state index in [9.17, 15) is 27.7 Å². The Morgan fingerprint density at radius 2 is 1.91 bits per heavy atom. The lowest BCUT2D eigenvalue weighted by atomic mass is 10.1. The van der Waals surface area contributed by atoms with E-state index in [1.165, 1.54) is 17.0 Å². The third-order valence-corrected chi connectivity index (χ3v) is 9.85. The lowest BCUT2D eigenvalue weighted by molar-refractivity contribution is -0.149. The summed E-state index contributed by atoms with van der Waals surface area (Å²) in [6, 6.07) is 12.1. The van der Waals surface area contributed by atoms with E-state index < -0.39 is 42.7 Å². The molecule has 3 heterocycles. The molecular formula is C30H30F2N3O7PS. The van der Waals surface area contributed by atoms with Gasteiger partial charge >= 0.3 is 13.3 Å². The topological polar surface area (TPSA) is 136 Å². The van der Waals surface area contributed by atoms with Gasteiger partial charge in [0.15, 0.2) is 0 Å². The number of thiophene rings is 1. The molecule has 44 heavy (non-hydrogen) atoms. The van der Waals surface area contributed by atoms with E-state index in [0.29, 0.717) is 43.8 Å². The molecule has 2 aliphatic rings. The first kappa shape index (κ1) is 31.8. The Morgan fingerprint density at radius 1 is 1.16 bits per heavy atom. The van der Waals surface area contributed by atoms with Crippen LogP contribution >= 0.6 is 18.9 Å². The van der Waals surface area contributed by atoms with Crippen molar-refractivity contribution in [2.24, 2.45) is 0 Å².